The number of aromatic nitrogens is 1. The molecule has 3 rings (SSSR count). The van der Waals surface area contributed by atoms with Gasteiger partial charge in [0.2, 0.25) is 0 Å². The summed E-state index contributed by atoms with van der Waals surface area (Å²) in [5.41, 5.74) is 1.67. The third kappa shape index (κ3) is 5.07. The first-order chi connectivity index (χ1) is 12.8. The van der Waals surface area contributed by atoms with E-state index in [1.54, 1.807) is 12.4 Å². The average molecular weight is 352 g/mol. The molecule has 0 bridgehead atoms. The van der Waals surface area contributed by atoms with Crippen molar-refractivity contribution in [2.75, 3.05) is 0 Å². The van der Waals surface area contributed by atoms with Crippen molar-refractivity contribution >= 4 is 5.91 Å². The second-order valence-corrected chi connectivity index (χ2v) is 7.09. The molecule has 26 heavy (non-hydrogen) atoms. The van der Waals surface area contributed by atoms with Crippen LogP contribution >= 0.6 is 0 Å². The molecule has 1 heterocycles. The maximum Gasteiger partial charge on any atom is 0.251 e. The molecule has 1 aromatic carbocycles. The largest absolute Gasteiger partial charge is 0.489 e. The zero-order valence-electron chi connectivity index (χ0n) is 15.5. The molecule has 4 heteroatoms. The number of rotatable bonds is 8. The van der Waals surface area contributed by atoms with Crippen LogP contribution in [0.1, 0.15) is 61.4 Å². The summed E-state index contributed by atoms with van der Waals surface area (Å²) >= 11 is 0. The number of nitrogens with zero attached hydrogens (tertiary/aromatic N) is 1. The molecule has 2 atom stereocenters. The maximum atomic E-state index is 12.7. The molecule has 1 saturated carbocycles. The van der Waals surface area contributed by atoms with E-state index in [2.05, 4.69) is 17.2 Å². The van der Waals surface area contributed by atoms with Crippen molar-refractivity contribution in [2.45, 2.75) is 58.1 Å². The van der Waals surface area contributed by atoms with E-state index >= 15 is 0 Å². The van der Waals surface area contributed by atoms with Gasteiger partial charge in [-0.1, -0.05) is 38.3 Å². The van der Waals surface area contributed by atoms with Crippen LogP contribution in [0.5, 0.6) is 5.75 Å². The topological polar surface area (TPSA) is 51.2 Å². The first-order valence-corrected chi connectivity index (χ1v) is 9.69. The van der Waals surface area contributed by atoms with Crippen LogP contribution in [-0.4, -0.2) is 16.9 Å². The van der Waals surface area contributed by atoms with Crippen molar-refractivity contribution in [3.63, 3.8) is 0 Å². The summed E-state index contributed by atoms with van der Waals surface area (Å²) in [5, 5.41) is 3.25. The summed E-state index contributed by atoms with van der Waals surface area (Å²) in [6.07, 6.45) is 10.8. The van der Waals surface area contributed by atoms with E-state index in [-0.39, 0.29) is 5.91 Å². The highest BCUT2D eigenvalue weighted by Gasteiger charge is 2.28. The van der Waals surface area contributed by atoms with Gasteiger partial charge >= 0.3 is 0 Å². The minimum absolute atomic E-state index is 0.00484. The maximum absolute atomic E-state index is 12.7. The Kier molecular flexibility index (Phi) is 6.64. The van der Waals surface area contributed by atoms with E-state index in [9.17, 15) is 4.79 Å². The molecule has 1 aliphatic rings. The molecule has 0 aliphatic heterocycles. The van der Waals surface area contributed by atoms with Crippen LogP contribution in [0.25, 0.3) is 0 Å². The molecule has 0 spiro atoms. The molecule has 2 unspecified atom stereocenters. The van der Waals surface area contributed by atoms with E-state index in [0.29, 0.717) is 29.9 Å². The predicted octanol–water partition coefficient (Wildman–Crippen LogP) is 4.75. The van der Waals surface area contributed by atoms with Gasteiger partial charge in [0.1, 0.15) is 12.4 Å². The van der Waals surface area contributed by atoms with Crippen LogP contribution in [-0.2, 0) is 6.61 Å². The Hall–Kier alpha value is -2.36. The van der Waals surface area contributed by atoms with Gasteiger partial charge in [-0.3, -0.25) is 9.78 Å². The predicted molar refractivity (Wildman–Crippen MR) is 103 cm³/mol. The van der Waals surface area contributed by atoms with Crippen molar-refractivity contribution < 1.29 is 9.53 Å². The Labute approximate surface area is 156 Å². The highest BCUT2D eigenvalue weighted by Crippen LogP contribution is 2.30. The van der Waals surface area contributed by atoms with E-state index in [1.165, 1.54) is 32.1 Å². The molecule has 2 aromatic rings. The van der Waals surface area contributed by atoms with E-state index in [1.807, 2.05) is 36.4 Å². The first-order valence-electron chi connectivity index (χ1n) is 9.69. The Morgan fingerprint density at radius 2 is 2.19 bits per heavy atom. The number of pyridine rings is 1. The fourth-order valence-electron chi connectivity index (χ4n) is 3.67. The summed E-state index contributed by atoms with van der Waals surface area (Å²) in [6, 6.07) is 11.6. The Bertz CT molecular complexity index is 702. The normalized spacial score (nSPS) is 19.3. The van der Waals surface area contributed by atoms with Crippen molar-refractivity contribution in [3.8, 4) is 5.75 Å². The standard InChI is InChI=1S/C22H28N2O2/c1-2-3-8-18-9-5-12-21(18)24-22(25)19-10-4-11-20(14-19)26-16-17-7-6-13-23-15-17/h4,6-7,10-11,13-15,18,21H,2-3,5,8-9,12,16H2,1H3,(H,24,25). The summed E-state index contributed by atoms with van der Waals surface area (Å²) in [5.74, 6) is 1.34. The van der Waals surface area contributed by atoms with Gasteiger partial charge in [0.25, 0.3) is 5.91 Å². The molecule has 0 saturated heterocycles. The van der Waals surface area contributed by atoms with Gasteiger partial charge in [-0.15, -0.1) is 0 Å². The molecule has 0 radical (unpaired) electrons. The second-order valence-electron chi connectivity index (χ2n) is 7.09. The second kappa shape index (κ2) is 9.37. The number of benzene rings is 1. The quantitative estimate of drug-likeness (QED) is 0.746. The Morgan fingerprint density at radius 1 is 1.27 bits per heavy atom. The summed E-state index contributed by atoms with van der Waals surface area (Å²) < 4.78 is 5.81. The van der Waals surface area contributed by atoms with Crippen LogP contribution in [0.15, 0.2) is 48.8 Å². The van der Waals surface area contributed by atoms with Gasteiger partial charge in [0.15, 0.2) is 0 Å². The van der Waals surface area contributed by atoms with Crippen molar-refractivity contribution in [3.05, 3.63) is 59.9 Å². The van der Waals surface area contributed by atoms with Gasteiger partial charge < -0.3 is 10.1 Å². The monoisotopic (exact) mass is 352 g/mol. The van der Waals surface area contributed by atoms with E-state index in [4.69, 9.17) is 4.74 Å². The SMILES string of the molecule is CCCCC1CCCC1NC(=O)c1cccc(OCc2cccnc2)c1. The fraction of sp³-hybridized carbons (Fsp3) is 0.455. The molecule has 138 valence electrons. The highest BCUT2D eigenvalue weighted by atomic mass is 16.5. The lowest BCUT2D eigenvalue weighted by Crippen LogP contribution is -2.37. The smallest absolute Gasteiger partial charge is 0.251 e. The summed E-state index contributed by atoms with van der Waals surface area (Å²) in [7, 11) is 0. The number of carbonyl (C=O) groups is 1. The molecule has 1 aliphatic carbocycles. The summed E-state index contributed by atoms with van der Waals surface area (Å²) in [4.78, 5) is 16.8. The Balaban J connectivity index is 1.57. The van der Waals surface area contributed by atoms with Crippen LogP contribution in [0.3, 0.4) is 0 Å². The summed E-state index contributed by atoms with van der Waals surface area (Å²) in [6.45, 7) is 2.67. The zero-order chi connectivity index (χ0) is 18.2. The third-order valence-electron chi connectivity index (χ3n) is 5.13. The molecular formula is C22H28N2O2. The number of unbranched alkanes of at least 4 members (excludes halogenated alkanes) is 1. The first kappa shape index (κ1) is 18.4. The number of hydrogen-bond acceptors (Lipinski definition) is 3. The molecule has 1 amide bonds. The minimum atomic E-state index is 0.00484. The van der Waals surface area contributed by atoms with Crippen molar-refractivity contribution in [1.82, 2.24) is 10.3 Å². The number of hydrogen-bond donors (Lipinski definition) is 1. The average Bonchev–Trinajstić information content (AvgIpc) is 3.12. The molecule has 1 N–H and O–H groups in total. The lowest BCUT2D eigenvalue weighted by Gasteiger charge is -2.21. The number of amides is 1. The van der Waals surface area contributed by atoms with Gasteiger partial charge in [-0.25, -0.2) is 0 Å². The van der Waals surface area contributed by atoms with Gasteiger partial charge in [0, 0.05) is 29.6 Å². The van der Waals surface area contributed by atoms with E-state index in [0.717, 1.165) is 12.0 Å². The number of carbonyl (C=O) groups excluding carboxylic acids is 1. The fourth-order valence-corrected chi connectivity index (χ4v) is 3.67. The molecular weight excluding hydrogens is 324 g/mol. The van der Waals surface area contributed by atoms with Crippen molar-refractivity contribution in [2.24, 2.45) is 5.92 Å². The lowest BCUT2D eigenvalue weighted by molar-refractivity contribution is 0.0926. The molecule has 1 fully saturated rings. The number of nitrogens with one attached hydrogen (secondary N) is 1. The van der Waals surface area contributed by atoms with Crippen LogP contribution < -0.4 is 10.1 Å². The van der Waals surface area contributed by atoms with Crippen LogP contribution in [0.2, 0.25) is 0 Å². The van der Waals surface area contributed by atoms with Crippen molar-refractivity contribution in [1.29, 1.82) is 0 Å². The van der Waals surface area contributed by atoms with Gasteiger partial charge in [-0.05, 0) is 49.4 Å². The van der Waals surface area contributed by atoms with Crippen LogP contribution in [0, 0.1) is 5.92 Å². The van der Waals surface area contributed by atoms with Gasteiger partial charge in [0.05, 0.1) is 0 Å². The minimum Gasteiger partial charge on any atom is -0.489 e. The Morgan fingerprint density at radius 3 is 3.00 bits per heavy atom. The van der Waals surface area contributed by atoms with Crippen LogP contribution in [0.4, 0.5) is 0 Å². The third-order valence-corrected chi connectivity index (χ3v) is 5.13. The molecule has 4 nitrogen and oxygen atoms in total. The lowest BCUT2D eigenvalue weighted by atomic mass is 9.96. The number of ether oxygens (including phenoxy) is 1. The highest BCUT2D eigenvalue weighted by molar-refractivity contribution is 5.94. The zero-order valence-corrected chi connectivity index (χ0v) is 15.5. The molecule has 1 aromatic heterocycles. The van der Waals surface area contributed by atoms with Gasteiger partial charge in [-0.2, -0.15) is 0 Å². The van der Waals surface area contributed by atoms with E-state index < -0.39 is 0 Å².